The van der Waals surface area contributed by atoms with Crippen LogP contribution in [-0.2, 0) is 14.7 Å². The summed E-state index contributed by atoms with van der Waals surface area (Å²) in [6, 6.07) is 11.4. The van der Waals surface area contributed by atoms with Gasteiger partial charge < -0.3 is 9.31 Å². The van der Waals surface area contributed by atoms with Crippen molar-refractivity contribution < 1.29 is 9.31 Å². The Kier molecular flexibility index (Phi) is 3.88. The Morgan fingerprint density at radius 1 is 0.893 bits per heavy atom. The van der Waals surface area contributed by atoms with Crippen LogP contribution >= 0.6 is 0 Å². The quantitative estimate of drug-likeness (QED) is 0.563. The van der Waals surface area contributed by atoms with E-state index in [4.69, 9.17) is 9.31 Å². The molecule has 0 unspecified atom stereocenters. The molecular formula is C25H37BO2. The first-order chi connectivity index (χ1) is 13.1. The minimum Gasteiger partial charge on any atom is -0.403 e. The summed E-state index contributed by atoms with van der Waals surface area (Å²) in [5.41, 5.74) is 1.85. The van der Waals surface area contributed by atoms with Gasteiger partial charge in [0, 0.05) is 5.31 Å². The van der Waals surface area contributed by atoms with E-state index in [1.807, 2.05) is 0 Å². The fraction of sp³-hybridized carbons (Fsp3) is 0.760. The zero-order valence-corrected chi connectivity index (χ0v) is 18.7. The molecule has 2 nitrogen and oxygen atoms in total. The van der Waals surface area contributed by atoms with Crippen molar-refractivity contribution in [2.75, 3.05) is 0 Å². The first-order valence-corrected chi connectivity index (χ1v) is 11.5. The van der Waals surface area contributed by atoms with Crippen molar-refractivity contribution in [1.82, 2.24) is 0 Å². The van der Waals surface area contributed by atoms with Crippen LogP contribution in [0.2, 0.25) is 5.31 Å². The Balaban J connectivity index is 1.48. The van der Waals surface area contributed by atoms with Gasteiger partial charge in [0.15, 0.2) is 0 Å². The molecule has 0 spiro atoms. The molecule has 1 aliphatic heterocycles. The maximum absolute atomic E-state index is 6.60. The lowest BCUT2D eigenvalue weighted by molar-refractivity contribution is -0.267. The molecule has 5 fully saturated rings. The summed E-state index contributed by atoms with van der Waals surface area (Å²) >= 11 is 0. The highest BCUT2D eigenvalue weighted by molar-refractivity contribution is 6.50. The Hall–Kier alpha value is -0.795. The number of rotatable bonds is 4. The van der Waals surface area contributed by atoms with Crippen LogP contribution in [0, 0.1) is 17.3 Å². The third-order valence-electron chi connectivity index (χ3n) is 9.80. The van der Waals surface area contributed by atoms with Gasteiger partial charge in [0.1, 0.15) is 0 Å². The van der Waals surface area contributed by atoms with Crippen molar-refractivity contribution >= 4 is 7.12 Å². The van der Waals surface area contributed by atoms with Crippen molar-refractivity contribution in [2.45, 2.75) is 102 Å². The summed E-state index contributed by atoms with van der Waals surface area (Å²) < 4.78 is 13.2. The molecule has 0 N–H and O–H groups in total. The molecule has 0 aromatic heterocycles. The summed E-state index contributed by atoms with van der Waals surface area (Å²) in [4.78, 5) is 0. The van der Waals surface area contributed by atoms with E-state index in [1.165, 1.54) is 38.5 Å². The van der Waals surface area contributed by atoms with Crippen LogP contribution in [0.4, 0.5) is 0 Å². The molecule has 3 heteroatoms. The zero-order chi connectivity index (χ0) is 20.0. The van der Waals surface area contributed by atoms with Gasteiger partial charge in [-0.15, -0.1) is 0 Å². The van der Waals surface area contributed by atoms with Gasteiger partial charge in [-0.05, 0) is 68.8 Å². The minimum absolute atomic E-state index is 0.0296. The number of hydrogen-bond donors (Lipinski definition) is 0. The van der Waals surface area contributed by atoms with Crippen LogP contribution in [-0.4, -0.2) is 18.3 Å². The van der Waals surface area contributed by atoms with Gasteiger partial charge >= 0.3 is 7.12 Å². The molecule has 0 amide bonds. The fourth-order valence-corrected chi connectivity index (χ4v) is 7.36. The van der Waals surface area contributed by atoms with Gasteiger partial charge in [-0.3, -0.25) is 0 Å². The molecule has 4 saturated carbocycles. The Bertz CT molecular complexity index is 738. The van der Waals surface area contributed by atoms with Gasteiger partial charge in [0.25, 0.3) is 0 Å². The van der Waals surface area contributed by atoms with E-state index in [9.17, 15) is 0 Å². The van der Waals surface area contributed by atoms with E-state index in [0.717, 1.165) is 11.8 Å². The largest absolute Gasteiger partial charge is 0.464 e. The highest BCUT2D eigenvalue weighted by atomic mass is 16.7. The molecular weight excluding hydrogens is 343 g/mol. The highest BCUT2D eigenvalue weighted by Gasteiger charge is 2.83. The van der Waals surface area contributed by atoms with Crippen LogP contribution in [0.3, 0.4) is 0 Å². The summed E-state index contributed by atoms with van der Waals surface area (Å²) in [5, 5.41) is 0.0296. The summed E-state index contributed by atoms with van der Waals surface area (Å²) in [6.45, 7) is 13.6. The van der Waals surface area contributed by atoms with E-state index in [-0.39, 0.29) is 23.6 Å². The minimum atomic E-state index is -0.252. The predicted molar refractivity (Wildman–Crippen MR) is 115 cm³/mol. The van der Waals surface area contributed by atoms with Crippen molar-refractivity contribution in [3.63, 3.8) is 0 Å². The molecule has 4 aliphatic carbocycles. The van der Waals surface area contributed by atoms with Gasteiger partial charge in [-0.1, -0.05) is 69.9 Å². The zero-order valence-electron chi connectivity index (χ0n) is 18.7. The second-order valence-electron chi connectivity index (χ2n) is 11.9. The van der Waals surface area contributed by atoms with Crippen LogP contribution in [0.1, 0.15) is 85.6 Å². The van der Waals surface area contributed by atoms with Gasteiger partial charge in [0.2, 0.25) is 0 Å². The molecule has 1 aromatic carbocycles. The molecule has 1 atom stereocenters. The molecule has 0 radical (unpaired) electrons. The summed E-state index contributed by atoms with van der Waals surface area (Å²) in [7, 11) is -0.115. The highest BCUT2D eigenvalue weighted by Crippen LogP contribution is 2.87. The first kappa shape index (κ1) is 19.2. The van der Waals surface area contributed by atoms with Gasteiger partial charge in [-0.2, -0.15) is 0 Å². The third kappa shape index (κ3) is 2.19. The van der Waals surface area contributed by atoms with Crippen molar-refractivity contribution in [3.8, 4) is 0 Å². The van der Waals surface area contributed by atoms with Crippen LogP contribution in [0.25, 0.3) is 0 Å². The maximum Gasteiger partial charge on any atom is 0.464 e. The molecule has 2 bridgehead atoms. The van der Waals surface area contributed by atoms with Crippen molar-refractivity contribution in [1.29, 1.82) is 0 Å². The molecule has 5 aliphatic rings. The standard InChI is InChI=1S/C25H37BO2/c1-21(2,26-27-22(3,4)23(5,6)28-26)25-16-24(17-25,19-14-8-7-9-15-19)20(25)18-12-10-11-13-18/h7-9,14-15,18,20H,10-13,16-17H2,1-6H3/t20-,24?,25?/m0/s1. The fourth-order valence-electron chi connectivity index (χ4n) is 7.36. The molecule has 1 heterocycles. The Labute approximate surface area is 171 Å². The average Bonchev–Trinajstić information content (AvgIpc) is 3.12. The van der Waals surface area contributed by atoms with Crippen LogP contribution < -0.4 is 0 Å². The maximum atomic E-state index is 6.60. The van der Waals surface area contributed by atoms with Crippen molar-refractivity contribution in [3.05, 3.63) is 35.9 Å². The average molecular weight is 380 g/mol. The second kappa shape index (κ2) is 5.67. The molecule has 6 rings (SSSR count). The van der Waals surface area contributed by atoms with Crippen LogP contribution in [0.5, 0.6) is 0 Å². The lowest BCUT2D eigenvalue weighted by Gasteiger charge is -2.83. The van der Waals surface area contributed by atoms with E-state index in [2.05, 4.69) is 71.9 Å². The SMILES string of the molecule is CC1(C)OB(C(C)(C)C23CC(c4ccccc4)(C2)[C@@H]3C2CCCC2)OC1(C)C. The van der Waals surface area contributed by atoms with E-state index < -0.39 is 0 Å². The monoisotopic (exact) mass is 380 g/mol. The number of benzene rings is 1. The van der Waals surface area contributed by atoms with E-state index >= 15 is 0 Å². The van der Waals surface area contributed by atoms with Gasteiger partial charge in [0.05, 0.1) is 11.2 Å². The van der Waals surface area contributed by atoms with Crippen LogP contribution in [0.15, 0.2) is 30.3 Å². The topological polar surface area (TPSA) is 18.5 Å². The number of hydrogen-bond acceptors (Lipinski definition) is 2. The molecule has 152 valence electrons. The lowest BCUT2D eigenvalue weighted by atomic mass is 9.17. The predicted octanol–water partition coefficient (Wildman–Crippen LogP) is 6.40. The third-order valence-corrected chi connectivity index (χ3v) is 9.80. The Morgan fingerprint density at radius 3 is 1.96 bits per heavy atom. The normalized spacial score (nSPS) is 38.9. The molecule has 1 aromatic rings. The first-order valence-electron chi connectivity index (χ1n) is 11.5. The summed E-state index contributed by atoms with van der Waals surface area (Å²) in [6.07, 6.45) is 8.28. The Morgan fingerprint density at radius 2 is 1.43 bits per heavy atom. The van der Waals surface area contributed by atoms with Crippen molar-refractivity contribution in [2.24, 2.45) is 17.3 Å². The lowest BCUT2D eigenvalue weighted by Crippen LogP contribution is -2.79. The summed E-state index contributed by atoms with van der Waals surface area (Å²) in [5.74, 6) is 1.67. The molecule has 1 saturated heterocycles. The van der Waals surface area contributed by atoms with Gasteiger partial charge in [-0.25, -0.2) is 0 Å². The second-order valence-corrected chi connectivity index (χ2v) is 11.9. The smallest absolute Gasteiger partial charge is 0.403 e. The van der Waals surface area contributed by atoms with E-state index in [0.29, 0.717) is 10.8 Å². The molecule has 28 heavy (non-hydrogen) atoms. The van der Waals surface area contributed by atoms with E-state index in [1.54, 1.807) is 5.56 Å².